The first-order chi connectivity index (χ1) is 16.2. The second-order valence-electron chi connectivity index (χ2n) is 8.73. The van der Waals surface area contributed by atoms with Crippen molar-refractivity contribution >= 4 is 16.9 Å². The number of hydrogen-bond acceptors (Lipinski definition) is 3. The van der Waals surface area contributed by atoms with E-state index < -0.39 is 0 Å². The van der Waals surface area contributed by atoms with E-state index in [1.54, 1.807) is 19.2 Å². The first-order valence-corrected chi connectivity index (χ1v) is 12.6. The number of aromatic nitrogens is 2. The van der Waals surface area contributed by atoms with Crippen LogP contribution in [0.4, 0.5) is 0 Å². The molecule has 0 atom stereocenters. The summed E-state index contributed by atoms with van der Waals surface area (Å²) in [5.41, 5.74) is 2.93. The van der Waals surface area contributed by atoms with Gasteiger partial charge in [0, 0.05) is 25.1 Å². The number of hydrogen-bond donors (Lipinski definition) is 1. The molecule has 5 nitrogen and oxygen atoms in total. The van der Waals surface area contributed by atoms with E-state index in [9.17, 15) is 4.79 Å². The average molecular weight is 450 g/mol. The molecule has 0 spiro atoms. The predicted molar refractivity (Wildman–Crippen MR) is 136 cm³/mol. The monoisotopic (exact) mass is 449 g/mol. The van der Waals surface area contributed by atoms with Crippen molar-refractivity contribution in [2.75, 3.05) is 13.7 Å². The fraction of sp³-hybridized carbons (Fsp3) is 0.500. The van der Waals surface area contributed by atoms with Crippen LogP contribution in [-0.4, -0.2) is 29.1 Å². The van der Waals surface area contributed by atoms with Gasteiger partial charge < -0.3 is 14.6 Å². The number of fused-ring (bicyclic) bond motifs is 1. The van der Waals surface area contributed by atoms with Gasteiger partial charge in [-0.25, -0.2) is 4.98 Å². The maximum atomic E-state index is 12.4. The van der Waals surface area contributed by atoms with Crippen molar-refractivity contribution in [3.8, 4) is 5.75 Å². The molecule has 3 aromatic rings. The molecule has 178 valence electrons. The standard InChI is InChI=1S/C28H39N3O2/c1-3-4-5-6-7-8-9-12-22-31-26-15-11-10-14-25(26)30-27(31)16-13-21-29-28(32)23-17-19-24(33-2)20-18-23/h10-11,14-15,17-20H,3-9,12-13,16,21-22H2,1-2H3,(H,29,32). The molecule has 0 unspecified atom stereocenters. The Bertz CT molecular complexity index is 978. The van der Waals surface area contributed by atoms with E-state index in [2.05, 4.69) is 41.1 Å². The average Bonchev–Trinajstić information content (AvgIpc) is 3.20. The van der Waals surface area contributed by atoms with Gasteiger partial charge in [0.2, 0.25) is 0 Å². The maximum Gasteiger partial charge on any atom is 0.251 e. The van der Waals surface area contributed by atoms with Crippen molar-refractivity contribution < 1.29 is 9.53 Å². The Morgan fingerprint density at radius 1 is 0.909 bits per heavy atom. The third-order valence-electron chi connectivity index (χ3n) is 6.18. The lowest BCUT2D eigenvalue weighted by molar-refractivity contribution is 0.0953. The van der Waals surface area contributed by atoms with E-state index >= 15 is 0 Å². The number of para-hydroxylation sites is 2. The van der Waals surface area contributed by atoms with Crippen LogP contribution < -0.4 is 10.1 Å². The highest BCUT2D eigenvalue weighted by molar-refractivity contribution is 5.94. The quantitative estimate of drug-likeness (QED) is 0.268. The van der Waals surface area contributed by atoms with Gasteiger partial charge in [-0.05, 0) is 49.2 Å². The van der Waals surface area contributed by atoms with Crippen LogP contribution in [0.1, 0.15) is 80.9 Å². The van der Waals surface area contributed by atoms with Gasteiger partial charge in [-0.15, -0.1) is 0 Å². The molecule has 0 fully saturated rings. The van der Waals surface area contributed by atoms with E-state index in [0.717, 1.165) is 36.5 Å². The van der Waals surface area contributed by atoms with Crippen LogP contribution in [-0.2, 0) is 13.0 Å². The third kappa shape index (κ3) is 7.62. The van der Waals surface area contributed by atoms with Crippen molar-refractivity contribution in [1.29, 1.82) is 0 Å². The third-order valence-corrected chi connectivity index (χ3v) is 6.18. The molecular weight excluding hydrogens is 410 g/mol. The molecule has 0 radical (unpaired) electrons. The fourth-order valence-corrected chi connectivity index (χ4v) is 4.26. The number of ether oxygens (including phenoxy) is 1. The Labute approximate surface area is 198 Å². The second kappa shape index (κ2) is 13.7. The zero-order valence-corrected chi connectivity index (χ0v) is 20.3. The van der Waals surface area contributed by atoms with Gasteiger partial charge in [0.25, 0.3) is 5.91 Å². The van der Waals surface area contributed by atoms with Crippen LogP contribution in [0.3, 0.4) is 0 Å². The largest absolute Gasteiger partial charge is 0.497 e. The molecule has 3 rings (SSSR count). The smallest absolute Gasteiger partial charge is 0.251 e. The molecule has 0 aliphatic heterocycles. The van der Waals surface area contributed by atoms with Crippen LogP contribution in [0.25, 0.3) is 11.0 Å². The number of imidazole rings is 1. The van der Waals surface area contributed by atoms with Crippen molar-refractivity contribution in [3.63, 3.8) is 0 Å². The van der Waals surface area contributed by atoms with E-state index in [4.69, 9.17) is 9.72 Å². The molecule has 0 saturated carbocycles. The Hall–Kier alpha value is -2.82. The molecule has 1 aromatic heterocycles. The first-order valence-electron chi connectivity index (χ1n) is 12.6. The van der Waals surface area contributed by atoms with Crippen LogP contribution in [0.5, 0.6) is 5.75 Å². The van der Waals surface area contributed by atoms with Gasteiger partial charge in [0.05, 0.1) is 18.1 Å². The highest BCUT2D eigenvalue weighted by Gasteiger charge is 2.11. The zero-order valence-electron chi connectivity index (χ0n) is 20.3. The minimum absolute atomic E-state index is 0.0508. The topological polar surface area (TPSA) is 56.2 Å². The summed E-state index contributed by atoms with van der Waals surface area (Å²) in [7, 11) is 1.62. The van der Waals surface area contributed by atoms with Crippen molar-refractivity contribution in [2.24, 2.45) is 0 Å². The minimum Gasteiger partial charge on any atom is -0.497 e. The van der Waals surface area contributed by atoms with Gasteiger partial charge in [0.1, 0.15) is 11.6 Å². The van der Waals surface area contributed by atoms with Gasteiger partial charge in [-0.1, -0.05) is 64.0 Å². The number of methoxy groups -OCH3 is 1. The Morgan fingerprint density at radius 3 is 2.33 bits per heavy atom. The van der Waals surface area contributed by atoms with Crippen molar-refractivity contribution in [1.82, 2.24) is 14.9 Å². The van der Waals surface area contributed by atoms with E-state index in [1.165, 1.54) is 56.9 Å². The molecule has 0 bridgehead atoms. The number of benzene rings is 2. The fourth-order valence-electron chi connectivity index (χ4n) is 4.26. The van der Waals surface area contributed by atoms with Gasteiger partial charge in [-0.3, -0.25) is 4.79 Å². The summed E-state index contributed by atoms with van der Waals surface area (Å²) >= 11 is 0. The molecule has 0 saturated heterocycles. The number of nitrogens with zero attached hydrogens (tertiary/aromatic N) is 2. The summed E-state index contributed by atoms with van der Waals surface area (Å²) in [6, 6.07) is 15.6. The summed E-state index contributed by atoms with van der Waals surface area (Å²) in [5.74, 6) is 1.82. The number of carbonyl (C=O) groups excluding carboxylic acids is 1. The lowest BCUT2D eigenvalue weighted by Crippen LogP contribution is -2.25. The number of carbonyl (C=O) groups is 1. The van der Waals surface area contributed by atoms with Gasteiger partial charge >= 0.3 is 0 Å². The van der Waals surface area contributed by atoms with Crippen LogP contribution in [0.2, 0.25) is 0 Å². The maximum absolute atomic E-state index is 12.4. The summed E-state index contributed by atoms with van der Waals surface area (Å²) in [6.07, 6.45) is 12.3. The Kier molecular flexibility index (Phi) is 10.3. The summed E-state index contributed by atoms with van der Waals surface area (Å²) in [6.45, 7) is 3.91. The molecule has 1 amide bonds. The lowest BCUT2D eigenvalue weighted by atomic mass is 10.1. The Morgan fingerprint density at radius 2 is 1.61 bits per heavy atom. The molecule has 5 heteroatoms. The van der Waals surface area contributed by atoms with E-state index in [1.807, 2.05) is 12.1 Å². The highest BCUT2D eigenvalue weighted by Crippen LogP contribution is 2.19. The Balaban J connectivity index is 1.47. The number of rotatable bonds is 15. The highest BCUT2D eigenvalue weighted by atomic mass is 16.5. The zero-order chi connectivity index (χ0) is 23.3. The summed E-state index contributed by atoms with van der Waals surface area (Å²) in [4.78, 5) is 17.3. The molecule has 1 N–H and O–H groups in total. The number of unbranched alkanes of at least 4 members (excludes halogenated alkanes) is 7. The second-order valence-corrected chi connectivity index (χ2v) is 8.73. The van der Waals surface area contributed by atoms with Crippen LogP contribution in [0, 0.1) is 0 Å². The number of aryl methyl sites for hydroxylation is 2. The van der Waals surface area contributed by atoms with E-state index in [-0.39, 0.29) is 5.91 Å². The lowest BCUT2D eigenvalue weighted by Gasteiger charge is -2.10. The molecule has 0 aliphatic rings. The number of nitrogens with one attached hydrogen (secondary N) is 1. The van der Waals surface area contributed by atoms with Crippen molar-refractivity contribution in [2.45, 2.75) is 77.7 Å². The SMILES string of the molecule is CCCCCCCCCCn1c(CCCNC(=O)c2ccc(OC)cc2)nc2ccccc21. The molecule has 33 heavy (non-hydrogen) atoms. The molecular formula is C28H39N3O2. The first kappa shape index (κ1) is 24.8. The normalized spacial score (nSPS) is 11.1. The van der Waals surface area contributed by atoms with Gasteiger partial charge in [0.15, 0.2) is 0 Å². The predicted octanol–water partition coefficient (Wildman–Crippen LogP) is 6.55. The van der Waals surface area contributed by atoms with Gasteiger partial charge in [-0.2, -0.15) is 0 Å². The molecule has 0 aliphatic carbocycles. The van der Waals surface area contributed by atoms with Crippen molar-refractivity contribution in [3.05, 3.63) is 59.9 Å². The minimum atomic E-state index is -0.0508. The van der Waals surface area contributed by atoms with E-state index in [0.29, 0.717) is 12.1 Å². The number of amides is 1. The van der Waals surface area contributed by atoms with Crippen LogP contribution in [0.15, 0.2) is 48.5 Å². The summed E-state index contributed by atoms with van der Waals surface area (Å²) < 4.78 is 7.54. The molecule has 2 aromatic carbocycles. The molecule has 1 heterocycles. The van der Waals surface area contributed by atoms with Crippen LogP contribution >= 0.6 is 0 Å². The summed E-state index contributed by atoms with van der Waals surface area (Å²) in [5, 5.41) is 3.02.